The van der Waals surface area contributed by atoms with E-state index in [4.69, 9.17) is 16.3 Å². The molecule has 0 aliphatic carbocycles. The van der Waals surface area contributed by atoms with Crippen LogP contribution in [0.2, 0.25) is 5.15 Å². The van der Waals surface area contributed by atoms with E-state index < -0.39 is 0 Å². The first-order valence-corrected chi connectivity index (χ1v) is 8.66. The van der Waals surface area contributed by atoms with Gasteiger partial charge in [-0.25, -0.2) is 14.4 Å². The Morgan fingerprint density at radius 3 is 2.77 bits per heavy atom. The van der Waals surface area contributed by atoms with Crippen molar-refractivity contribution in [3.63, 3.8) is 0 Å². The lowest BCUT2D eigenvalue weighted by Gasteiger charge is -2.08. The summed E-state index contributed by atoms with van der Waals surface area (Å²) in [6, 6.07) is 10.8. The molecule has 1 N–H and O–H groups in total. The van der Waals surface area contributed by atoms with E-state index in [1.807, 2.05) is 0 Å². The number of benzene rings is 1. The number of aromatic nitrogens is 2. The maximum atomic E-state index is 13.1. The van der Waals surface area contributed by atoms with Crippen molar-refractivity contribution >= 4 is 33.4 Å². The molecule has 0 atom stereocenters. The summed E-state index contributed by atoms with van der Waals surface area (Å²) < 4.78 is 19.3. The number of nitrogens with one attached hydrogen (secondary N) is 1. The molecule has 26 heavy (non-hydrogen) atoms. The largest absolute Gasteiger partial charge is 0.439 e. The van der Waals surface area contributed by atoms with Crippen LogP contribution in [0.15, 0.2) is 59.3 Å². The predicted octanol–water partition coefficient (Wildman–Crippen LogP) is 4.75. The van der Waals surface area contributed by atoms with Crippen LogP contribution in [0, 0.1) is 5.82 Å². The number of pyridine rings is 2. The molecule has 0 saturated carbocycles. The quantitative estimate of drug-likeness (QED) is 0.586. The molecule has 3 aromatic rings. The van der Waals surface area contributed by atoms with Crippen molar-refractivity contribution < 1.29 is 13.9 Å². The van der Waals surface area contributed by atoms with E-state index in [-0.39, 0.29) is 29.0 Å². The molecule has 0 saturated heterocycles. The lowest BCUT2D eigenvalue weighted by atomic mass is 10.2. The zero-order valence-electron chi connectivity index (χ0n) is 13.2. The minimum absolute atomic E-state index is 0.127. The number of amides is 1. The third-order valence-corrected chi connectivity index (χ3v) is 4.05. The van der Waals surface area contributed by atoms with Crippen molar-refractivity contribution in [2.75, 3.05) is 0 Å². The van der Waals surface area contributed by atoms with Gasteiger partial charge in [-0.15, -0.1) is 0 Å². The summed E-state index contributed by atoms with van der Waals surface area (Å²) in [4.78, 5) is 20.3. The average Bonchev–Trinajstić information content (AvgIpc) is 2.63. The number of halogens is 3. The number of carbonyl (C=O) groups excluding carboxylic acids is 1. The van der Waals surface area contributed by atoms with Crippen LogP contribution < -0.4 is 10.1 Å². The molecule has 2 heterocycles. The molecule has 0 bridgehead atoms. The molecule has 1 amide bonds. The lowest BCUT2D eigenvalue weighted by molar-refractivity contribution is 0.0950. The minimum Gasteiger partial charge on any atom is -0.439 e. The van der Waals surface area contributed by atoms with E-state index in [9.17, 15) is 9.18 Å². The highest BCUT2D eigenvalue weighted by molar-refractivity contribution is 9.10. The fourth-order valence-electron chi connectivity index (χ4n) is 2.09. The number of nitrogens with zero attached hydrogens (tertiary/aromatic N) is 2. The first-order valence-electron chi connectivity index (χ1n) is 7.49. The highest BCUT2D eigenvalue weighted by atomic mass is 79.9. The van der Waals surface area contributed by atoms with Crippen LogP contribution in [0.25, 0.3) is 0 Å². The first kappa shape index (κ1) is 18.3. The molecule has 0 aliphatic heterocycles. The SMILES string of the molecule is O=C(NCc1ccc(Oc2cccc(F)c2)nc1)c1cc(Br)cnc1Cl. The zero-order chi connectivity index (χ0) is 18.5. The van der Waals surface area contributed by atoms with Gasteiger partial charge in [-0.05, 0) is 39.7 Å². The summed E-state index contributed by atoms with van der Waals surface area (Å²) >= 11 is 9.19. The number of carbonyl (C=O) groups is 1. The van der Waals surface area contributed by atoms with Crippen molar-refractivity contribution in [2.45, 2.75) is 6.54 Å². The molecular weight excluding hydrogens is 425 g/mol. The Hall–Kier alpha value is -2.51. The van der Waals surface area contributed by atoms with E-state index in [0.29, 0.717) is 16.1 Å². The molecule has 0 spiro atoms. The Kier molecular flexibility index (Phi) is 5.80. The van der Waals surface area contributed by atoms with Crippen LogP contribution in [0.1, 0.15) is 15.9 Å². The number of ether oxygens (including phenoxy) is 1. The van der Waals surface area contributed by atoms with Gasteiger partial charge in [0.15, 0.2) is 0 Å². The summed E-state index contributed by atoms with van der Waals surface area (Å²) in [5.41, 5.74) is 1.05. The van der Waals surface area contributed by atoms with Crippen LogP contribution in [0.4, 0.5) is 4.39 Å². The standard InChI is InChI=1S/C18H12BrClFN3O2/c19-12-6-15(17(20)23-10-12)18(25)24-9-11-4-5-16(22-8-11)26-14-3-1-2-13(21)7-14/h1-8,10H,9H2,(H,24,25). The fraction of sp³-hybridized carbons (Fsp3) is 0.0556. The van der Waals surface area contributed by atoms with Gasteiger partial charge in [0.1, 0.15) is 16.7 Å². The van der Waals surface area contributed by atoms with Gasteiger partial charge in [-0.2, -0.15) is 0 Å². The number of rotatable bonds is 5. The fourth-order valence-corrected chi connectivity index (χ4v) is 2.61. The highest BCUT2D eigenvalue weighted by Crippen LogP contribution is 2.20. The number of hydrogen-bond acceptors (Lipinski definition) is 4. The molecule has 0 fully saturated rings. The molecule has 0 unspecified atom stereocenters. The second-order valence-electron chi connectivity index (χ2n) is 5.24. The van der Waals surface area contributed by atoms with Crippen LogP contribution in [-0.4, -0.2) is 15.9 Å². The normalized spacial score (nSPS) is 10.4. The Morgan fingerprint density at radius 1 is 1.19 bits per heavy atom. The predicted molar refractivity (Wildman–Crippen MR) is 98.8 cm³/mol. The molecule has 1 aromatic carbocycles. The molecule has 2 aromatic heterocycles. The van der Waals surface area contributed by atoms with Gasteiger partial charge in [0, 0.05) is 35.5 Å². The van der Waals surface area contributed by atoms with E-state index >= 15 is 0 Å². The van der Waals surface area contributed by atoms with Gasteiger partial charge in [0.25, 0.3) is 5.91 Å². The average molecular weight is 437 g/mol. The van der Waals surface area contributed by atoms with Gasteiger partial charge < -0.3 is 10.1 Å². The van der Waals surface area contributed by atoms with Crippen LogP contribution in [0.5, 0.6) is 11.6 Å². The highest BCUT2D eigenvalue weighted by Gasteiger charge is 2.12. The van der Waals surface area contributed by atoms with Crippen LogP contribution in [-0.2, 0) is 6.54 Å². The summed E-state index contributed by atoms with van der Waals surface area (Å²) in [7, 11) is 0. The van der Waals surface area contributed by atoms with Crippen molar-refractivity contribution in [3.8, 4) is 11.6 Å². The minimum atomic E-state index is -0.387. The molecule has 3 rings (SSSR count). The Bertz CT molecular complexity index is 938. The molecule has 132 valence electrons. The molecule has 8 heteroatoms. The van der Waals surface area contributed by atoms with E-state index in [0.717, 1.165) is 5.56 Å². The summed E-state index contributed by atoms with van der Waals surface area (Å²) in [6.07, 6.45) is 3.08. The zero-order valence-corrected chi connectivity index (χ0v) is 15.6. The third kappa shape index (κ3) is 4.77. The lowest BCUT2D eigenvalue weighted by Crippen LogP contribution is -2.23. The van der Waals surface area contributed by atoms with Gasteiger partial charge in [0.2, 0.25) is 5.88 Å². The molecular formula is C18H12BrClFN3O2. The monoisotopic (exact) mass is 435 g/mol. The van der Waals surface area contributed by atoms with Gasteiger partial charge >= 0.3 is 0 Å². The van der Waals surface area contributed by atoms with Crippen molar-refractivity contribution in [1.82, 2.24) is 15.3 Å². The van der Waals surface area contributed by atoms with Gasteiger partial charge in [0.05, 0.1) is 5.56 Å². The summed E-state index contributed by atoms with van der Waals surface area (Å²) in [6.45, 7) is 0.259. The maximum Gasteiger partial charge on any atom is 0.254 e. The van der Waals surface area contributed by atoms with Crippen LogP contribution >= 0.6 is 27.5 Å². The van der Waals surface area contributed by atoms with E-state index in [1.54, 1.807) is 36.5 Å². The number of hydrogen-bond donors (Lipinski definition) is 1. The molecule has 0 radical (unpaired) electrons. The smallest absolute Gasteiger partial charge is 0.254 e. The van der Waals surface area contributed by atoms with E-state index in [2.05, 4.69) is 31.2 Å². The van der Waals surface area contributed by atoms with Crippen LogP contribution in [0.3, 0.4) is 0 Å². The van der Waals surface area contributed by atoms with Crippen molar-refractivity contribution in [1.29, 1.82) is 0 Å². The Balaban J connectivity index is 1.61. The van der Waals surface area contributed by atoms with E-state index in [1.165, 1.54) is 18.3 Å². The first-order chi connectivity index (χ1) is 12.5. The summed E-state index contributed by atoms with van der Waals surface area (Å²) in [5, 5.41) is 2.87. The Labute approximate surface area is 162 Å². The summed E-state index contributed by atoms with van der Waals surface area (Å²) in [5.74, 6) is -0.0494. The Morgan fingerprint density at radius 2 is 2.04 bits per heavy atom. The van der Waals surface area contributed by atoms with Gasteiger partial charge in [-0.1, -0.05) is 23.7 Å². The van der Waals surface area contributed by atoms with Gasteiger partial charge in [-0.3, -0.25) is 4.79 Å². The second kappa shape index (κ2) is 8.25. The topological polar surface area (TPSA) is 64.1 Å². The molecule has 5 nitrogen and oxygen atoms in total. The van der Waals surface area contributed by atoms with Crippen molar-refractivity contribution in [3.05, 3.63) is 81.4 Å². The second-order valence-corrected chi connectivity index (χ2v) is 6.51. The molecule has 0 aliphatic rings. The third-order valence-electron chi connectivity index (χ3n) is 3.32. The van der Waals surface area contributed by atoms with Crippen molar-refractivity contribution in [2.24, 2.45) is 0 Å². The maximum absolute atomic E-state index is 13.1.